The SMILES string of the molecule is CCCc1nc(N)nc2ccc(-c3ccnc(Cl)c3)nc12. The first-order valence-corrected chi connectivity index (χ1v) is 7.10. The second-order valence-electron chi connectivity index (χ2n) is 4.71. The highest BCUT2D eigenvalue weighted by Crippen LogP contribution is 2.23. The molecular weight excluding hydrogens is 286 g/mol. The molecule has 106 valence electrons. The Bertz CT molecular complexity index is 803. The molecule has 0 atom stereocenters. The molecule has 0 aliphatic carbocycles. The highest BCUT2D eigenvalue weighted by Gasteiger charge is 2.09. The molecule has 0 saturated carbocycles. The van der Waals surface area contributed by atoms with Crippen LogP contribution in [0.15, 0.2) is 30.5 Å². The summed E-state index contributed by atoms with van der Waals surface area (Å²) in [5.41, 5.74) is 9.90. The third kappa shape index (κ3) is 2.78. The van der Waals surface area contributed by atoms with Crippen molar-refractivity contribution >= 4 is 28.6 Å². The van der Waals surface area contributed by atoms with Crippen molar-refractivity contribution in [3.05, 3.63) is 41.3 Å². The summed E-state index contributed by atoms with van der Waals surface area (Å²) in [6.07, 6.45) is 3.45. The molecule has 3 heterocycles. The standard InChI is InChI=1S/C15H14ClN5/c1-2-3-11-14-12(21-15(17)20-11)5-4-10(19-14)9-6-7-18-13(16)8-9/h4-8H,2-3H2,1H3,(H2,17,20,21). The molecule has 0 saturated heterocycles. The van der Waals surface area contributed by atoms with Crippen molar-refractivity contribution < 1.29 is 0 Å². The molecule has 2 N–H and O–H groups in total. The Morgan fingerprint density at radius 3 is 2.76 bits per heavy atom. The van der Waals surface area contributed by atoms with Gasteiger partial charge < -0.3 is 5.73 Å². The zero-order valence-corrected chi connectivity index (χ0v) is 12.3. The number of hydrogen-bond donors (Lipinski definition) is 1. The van der Waals surface area contributed by atoms with E-state index in [1.54, 1.807) is 12.3 Å². The van der Waals surface area contributed by atoms with E-state index in [-0.39, 0.29) is 5.95 Å². The smallest absolute Gasteiger partial charge is 0.220 e. The predicted molar refractivity (Wildman–Crippen MR) is 84.0 cm³/mol. The Morgan fingerprint density at radius 2 is 2.00 bits per heavy atom. The van der Waals surface area contributed by atoms with E-state index in [0.717, 1.165) is 40.8 Å². The van der Waals surface area contributed by atoms with Gasteiger partial charge in [0.15, 0.2) is 0 Å². The van der Waals surface area contributed by atoms with E-state index in [4.69, 9.17) is 17.3 Å². The molecule has 0 unspecified atom stereocenters. The normalized spacial score (nSPS) is 11.0. The van der Waals surface area contributed by atoms with Gasteiger partial charge in [-0.3, -0.25) is 0 Å². The van der Waals surface area contributed by atoms with Crippen LogP contribution in [0.2, 0.25) is 5.15 Å². The maximum absolute atomic E-state index is 5.93. The molecule has 0 fully saturated rings. The maximum Gasteiger partial charge on any atom is 0.220 e. The van der Waals surface area contributed by atoms with E-state index in [1.807, 2.05) is 18.2 Å². The van der Waals surface area contributed by atoms with E-state index < -0.39 is 0 Å². The number of aromatic nitrogens is 4. The summed E-state index contributed by atoms with van der Waals surface area (Å²) in [6, 6.07) is 7.46. The number of halogens is 1. The minimum Gasteiger partial charge on any atom is -0.368 e. The fourth-order valence-electron chi connectivity index (χ4n) is 2.23. The molecule has 0 aliphatic heterocycles. The fraction of sp³-hybridized carbons (Fsp3) is 0.200. The lowest BCUT2D eigenvalue weighted by Crippen LogP contribution is -2.02. The van der Waals surface area contributed by atoms with Gasteiger partial charge in [-0.1, -0.05) is 24.9 Å². The van der Waals surface area contributed by atoms with Crippen LogP contribution in [0.1, 0.15) is 19.0 Å². The summed E-state index contributed by atoms with van der Waals surface area (Å²) < 4.78 is 0. The number of fused-ring (bicyclic) bond motifs is 1. The van der Waals surface area contributed by atoms with Crippen molar-refractivity contribution in [1.29, 1.82) is 0 Å². The number of anilines is 1. The summed E-state index contributed by atoms with van der Waals surface area (Å²) in [4.78, 5) is 17.2. The average Bonchev–Trinajstić information content (AvgIpc) is 2.47. The van der Waals surface area contributed by atoms with E-state index in [9.17, 15) is 0 Å². The van der Waals surface area contributed by atoms with Crippen LogP contribution in [0, 0.1) is 0 Å². The number of nitrogens with zero attached hydrogens (tertiary/aromatic N) is 4. The maximum atomic E-state index is 5.93. The van der Waals surface area contributed by atoms with Crippen LogP contribution >= 0.6 is 11.6 Å². The van der Waals surface area contributed by atoms with E-state index in [1.165, 1.54) is 0 Å². The third-order valence-corrected chi connectivity index (χ3v) is 3.35. The van der Waals surface area contributed by atoms with Crippen LogP contribution in [-0.2, 0) is 6.42 Å². The highest BCUT2D eigenvalue weighted by molar-refractivity contribution is 6.29. The molecule has 0 aromatic carbocycles. The van der Waals surface area contributed by atoms with Gasteiger partial charge in [0.05, 0.1) is 16.9 Å². The molecule has 0 bridgehead atoms. The number of hydrogen-bond acceptors (Lipinski definition) is 5. The van der Waals surface area contributed by atoms with Crippen molar-refractivity contribution in [2.75, 3.05) is 5.73 Å². The molecule has 0 spiro atoms. The first-order valence-electron chi connectivity index (χ1n) is 6.72. The van der Waals surface area contributed by atoms with Crippen molar-refractivity contribution in [2.45, 2.75) is 19.8 Å². The Labute approximate surface area is 127 Å². The van der Waals surface area contributed by atoms with Gasteiger partial charge in [0, 0.05) is 11.8 Å². The van der Waals surface area contributed by atoms with E-state index in [0.29, 0.717) is 5.15 Å². The van der Waals surface area contributed by atoms with Gasteiger partial charge in [0.2, 0.25) is 5.95 Å². The number of pyridine rings is 2. The van der Waals surface area contributed by atoms with Gasteiger partial charge in [0.1, 0.15) is 10.7 Å². The molecule has 0 amide bonds. The molecular formula is C15H14ClN5. The molecule has 3 rings (SSSR count). The van der Waals surface area contributed by atoms with Crippen LogP contribution in [0.25, 0.3) is 22.3 Å². The van der Waals surface area contributed by atoms with Gasteiger partial charge in [-0.2, -0.15) is 0 Å². The van der Waals surface area contributed by atoms with Crippen LogP contribution < -0.4 is 5.73 Å². The van der Waals surface area contributed by atoms with Gasteiger partial charge in [-0.25, -0.2) is 19.9 Å². The van der Waals surface area contributed by atoms with Crippen molar-refractivity contribution in [3.8, 4) is 11.3 Å². The first-order chi connectivity index (χ1) is 10.2. The topological polar surface area (TPSA) is 77.6 Å². The number of nitrogen functional groups attached to an aromatic ring is 1. The Morgan fingerprint density at radius 1 is 1.14 bits per heavy atom. The second kappa shape index (κ2) is 5.61. The zero-order valence-electron chi connectivity index (χ0n) is 11.5. The van der Waals surface area contributed by atoms with Gasteiger partial charge in [0.25, 0.3) is 0 Å². The van der Waals surface area contributed by atoms with Crippen LogP contribution in [0.5, 0.6) is 0 Å². The molecule has 0 aliphatic rings. The van der Waals surface area contributed by atoms with Crippen LogP contribution in [-0.4, -0.2) is 19.9 Å². The lowest BCUT2D eigenvalue weighted by atomic mass is 10.1. The van der Waals surface area contributed by atoms with E-state index >= 15 is 0 Å². The number of aryl methyl sites for hydroxylation is 1. The largest absolute Gasteiger partial charge is 0.368 e. The monoisotopic (exact) mass is 299 g/mol. The lowest BCUT2D eigenvalue weighted by molar-refractivity contribution is 0.885. The molecule has 0 radical (unpaired) electrons. The Kier molecular flexibility index (Phi) is 3.66. The average molecular weight is 300 g/mol. The number of rotatable bonds is 3. The molecule has 6 heteroatoms. The van der Waals surface area contributed by atoms with Crippen LogP contribution in [0.4, 0.5) is 5.95 Å². The highest BCUT2D eigenvalue weighted by atomic mass is 35.5. The third-order valence-electron chi connectivity index (χ3n) is 3.14. The molecule has 5 nitrogen and oxygen atoms in total. The summed E-state index contributed by atoms with van der Waals surface area (Å²) in [5, 5.41) is 0.441. The predicted octanol–water partition coefficient (Wildman–Crippen LogP) is 3.27. The summed E-state index contributed by atoms with van der Waals surface area (Å²) in [6.45, 7) is 2.09. The minimum atomic E-state index is 0.285. The second-order valence-corrected chi connectivity index (χ2v) is 5.10. The fourth-order valence-corrected chi connectivity index (χ4v) is 2.40. The Hall–Kier alpha value is -2.27. The lowest BCUT2D eigenvalue weighted by Gasteiger charge is -2.07. The van der Waals surface area contributed by atoms with Crippen molar-refractivity contribution in [2.24, 2.45) is 0 Å². The summed E-state index contributed by atoms with van der Waals surface area (Å²) in [7, 11) is 0. The minimum absolute atomic E-state index is 0.285. The zero-order chi connectivity index (χ0) is 14.8. The summed E-state index contributed by atoms with van der Waals surface area (Å²) in [5.74, 6) is 0.285. The molecule has 3 aromatic rings. The van der Waals surface area contributed by atoms with E-state index in [2.05, 4.69) is 26.9 Å². The van der Waals surface area contributed by atoms with Gasteiger partial charge in [-0.15, -0.1) is 0 Å². The van der Waals surface area contributed by atoms with Crippen LogP contribution in [0.3, 0.4) is 0 Å². The van der Waals surface area contributed by atoms with Crippen molar-refractivity contribution in [1.82, 2.24) is 19.9 Å². The van der Waals surface area contributed by atoms with Gasteiger partial charge in [-0.05, 0) is 30.7 Å². The number of nitrogens with two attached hydrogens (primary N) is 1. The Balaban J connectivity index is 2.19. The summed E-state index contributed by atoms with van der Waals surface area (Å²) >= 11 is 5.93. The molecule has 21 heavy (non-hydrogen) atoms. The van der Waals surface area contributed by atoms with Crippen molar-refractivity contribution in [3.63, 3.8) is 0 Å². The quantitative estimate of drug-likeness (QED) is 0.751. The van der Waals surface area contributed by atoms with Gasteiger partial charge >= 0.3 is 0 Å². The first kappa shape index (κ1) is 13.7. The molecule has 3 aromatic heterocycles.